The Morgan fingerprint density at radius 2 is 0.736 bits per heavy atom. The molecular weight excluding hydrogens is 639 g/mol. The molecule has 256 valence electrons. The first-order valence-corrected chi connectivity index (χ1v) is 19.7. The van der Waals surface area contributed by atoms with E-state index in [9.17, 15) is 0 Å². The van der Waals surface area contributed by atoms with Gasteiger partial charge in [-0.05, 0) is 154 Å². The summed E-state index contributed by atoms with van der Waals surface area (Å²) in [6.45, 7) is 0. The molecule has 4 bridgehead atoms. The van der Waals surface area contributed by atoms with Gasteiger partial charge in [0.25, 0.3) is 0 Å². The Morgan fingerprint density at radius 1 is 0.340 bits per heavy atom. The smallest absolute Gasteiger partial charge is 0.0462 e. The number of rotatable bonds is 6. The Morgan fingerprint density at radius 3 is 1.25 bits per heavy atom. The molecule has 5 aliphatic rings. The van der Waals surface area contributed by atoms with Crippen LogP contribution in [-0.2, 0) is 5.41 Å². The first kappa shape index (κ1) is 30.9. The highest BCUT2D eigenvalue weighted by Crippen LogP contribution is 2.69. The van der Waals surface area contributed by atoms with Crippen molar-refractivity contribution in [2.24, 2.45) is 23.7 Å². The van der Waals surface area contributed by atoms with E-state index in [0.717, 1.165) is 40.7 Å². The van der Waals surface area contributed by atoms with Crippen LogP contribution in [0.4, 0.5) is 17.1 Å². The molecule has 0 amide bonds. The van der Waals surface area contributed by atoms with E-state index in [-0.39, 0.29) is 5.41 Å². The minimum Gasteiger partial charge on any atom is -0.311 e. The molecule has 7 aromatic rings. The molecule has 0 radical (unpaired) electrons. The van der Waals surface area contributed by atoms with Crippen molar-refractivity contribution < 1.29 is 0 Å². The van der Waals surface area contributed by atoms with E-state index in [1.165, 1.54) is 76.6 Å². The predicted molar refractivity (Wildman–Crippen MR) is 221 cm³/mol. The van der Waals surface area contributed by atoms with Crippen molar-refractivity contribution in [2.45, 2.75) is 37.5 Å². The summed E-state index contributed by atoms with van der Waals surface area (Å²) in [7, 11) is 0. The van der Waals surface area contributed by atoms with Crippen LogP contribution in [0.25, 0.3) is 44.5 Å². The van der Waals surface area contributed by atoms with Crippen molar-refractivity contribution in [3.8, 4) is 44.5 Å². The lowest BCUT2D eigenvalue weighted by Gasteiger charge is -2.61. The van der Waals surface area contributed by atoms with Crippen LogP contribution < -0.4 is 4.90 Å². The minimum atomic E-state index is 0.184. The number of benzene rings is 7. The zero-order valence-corrected chi connectivity index (χ0v) is 30.0. The highest BCUT2D eigenvalue weighted by Gasteiger charge is 2.61. The summed E-state index contributed by atoms with van der Waals surface area (Å²) in [5.74, 6) is 3.44. The zero-order valence-electron chi connectivity index (χ0n) is 30.0. The summed E-state index contributed by atoms with van der Waals surface area (Å²) in [6, 6.07) is 65.4. The van der Waals surface area contributed by atoms with Crippen LogP contribution in [0.5, 0.6) is 0 Å². The van der Waals surface area contributed by atoms with E-state index in [4.69, 9.17) is 0 Å². The Bertz CT molecular complexity index is 2310. The Hall–Kier alpha value is -5.66. The molecule has 1 heteroatoms. The number of fused-ring (bicyclic) bond motifs is 3. The fourth-order valence-corrected chi connectivity index (χ4v) is 11.4. The highest BCUT2D eigenvalue weighted by molar-refractivity contribution is 5.86. The van der Waals surface area contributed by atoms with Gasteiger partial charge in [0.05, 0.1) is 0 Å². The van der Waals surface area contributed by atoms with Gasteiger partial charge in [-0.2, -0.15) is 0 Å². The molecule has 12 rings (SSSR count). The molecule has 5 aliphatic carbocycles. The number of anilines is 3. The van der Waals surface area contributed by atoms with E-state index >= 15 is 0 Å². The third-order valence-electron chi connectivity index (χ3n) is 13.5. The second-order valence-corrected chi connectivity index (χ2v) is 16.2. The summed E-state index contributed by atoms with van der Waals surface area (Å²) in [5, 5.41) is 0. The summed E-state index contributed by atoms with van der Waals surface area (Å²) in [6.07, 6.45) is 7.13. The van der Waals surface area contributed by atoms with Gasteiger partial charge < -0.3 is 4.90 Å². The maximum atomic E-state index is 2.61. The first-order chi connectivity index (χ1) is 26.2. The van der Waals surface area contributed by atoms with Crippen molar-refractivity contribution in [3.63, 3.8) is 0 Å². The normalized spacial score (nSPS) is 23.2. The number of hydrogen-bond acceptors (Lipinski definition) is 1. The Balaban J connectivity index is 0.973. The molecule has 4 fully saturated rings. The molecule has 0 aromatic heterocycles. The van der Waals surface area contributed by atoms with E-state index in [1.807, 2.05) is 0 Å². The molecule has 53 heavy (non-hydrogen) atoms. The molecule has 0 atom stereocenters. The quantitative estimate of drug-likeness (QED) is 0.169. The summed E-state index contributed by atoms with van der Waals surface area (Å²) in [4.78, 5) is 2.39. The van der Waals surface area contributed by atoms with Crippen molar-refractivity contribution in [1.82, 2.24) is 0 Å². The lowest BCUT2D eigenvalue weighted by Crippen LogP contribution is -2.55. The third-order valence-corrected chi connectivity index (χ3v) is 13.5. The highest BCUT2D eigenvalue weighted by atomic mass is 15.1. The maximum Gasteiger partial charge on any atom is 0.0462 e. The van der Waals surface area contributed by atoms with Crippen molar-refractivity contribution in [1.29, 1.82) is 0 Å². The van der Waals surface area contributed by atoms with E-state index < -0.39 is 0 Å². The molecule has 0 unspecified atom stereocenters. The van der Waals surface area contributed by atoms with Gasteiger partial charge >= 0.3 is 0 Å². The second-order valence-electron chi connectivity index (χ2n) is 16.2. The van der Waals surface area contributed by atoms with Crippen LogP contribution in [0.2, 0.25) is 0 Å². The molecule has 7 aromatic carbocycles. The van der Waals surface area contributed by atoms with Gasteiger partial charge in [0.2, 0.25) is 0 Å². The fraction of sp³-hybridized carbons (Fsp3) is 0.192. The van der Waals surface area contributed by atoms with Crippen LogP contribution in [0.3, 0.4) is 0 Å². The molecule has 1 spiro atoms. The van der Waals surface area contributed by atoms with Gasteiger partial charge in [-0.3, -0.25) is 0 Å². The molecule has 0 aliphatic heterocycles. The van der Waals surface area contributed by atoms with Crippen molar-refractivity contribution in [3.05, 3.63) is 187 Å². The molecule has 0 saturated heterocycles. The standard InChI is InChI=1S/C52H43N/c1-3-9-37(10-4-1)39-15-22-45(23-16-39)53(46-24-17-40(18-25-46)38-11-5-2-6-12-38)47-26-19-41(20-27-47)42-21-28-49-48-13-7-8-14-50(48)52(51(49)34-42)43-30-35-29-36(32-43)33-44(52)31-35/h1-28,34-36,43-44H,29-33H2. The lowest BCUT2D eigenvalue weighted by atomic mass is 9.43. The lowest BCUT2D eigenvalue weighted by molar-refractivity contribution is -0.0399. The first-order valence-electron chi connectivity index (χ1n) is 19.7. The molecule has 0 N–H and O–H groups in total. The van der Waals surface area contributed by atoms with Gasteiger partial charge in [-0.25, -0.2) is 0 Å². The second kappa shape index (κ2) is 12.2. The van der Waals surface area contributed by atoms with Gasteiger partial charge in [0, 0.05) is 22.5 Å². The van der Waals surface area contributed by atoms with Crippen LogP contribution >= 0.6 is 0 Å². The van der Waals surface area contributed by atoms with Gasteiger partial charge in [0.1, 0.15) is 0 Å². The Kier molecular flexibility index (Phi) is 7.12. The fourth-order valence-electron chi connectivity index (χ4n) is 11.4. The van der Waals surface area contributed by atoms with Gasteiger partial charge in [-0.15, -0.1) is 0 Å². The number of nitrogens with zero attached hydrogens (tertiary/aromatic N) is 1. The predicted octanol–water partition coefficient (Wildman–Crippen LogP) is 13.9. The Labute approximate surface area is 313 Å². The average molecular weight is 682 g/mol. The van der Waals surface area contributed by atoms with E-state index in [0.29, 0.717) is 0 Å². The third kappa shape index (κ3) is 4.90. The monoisotopic (exact) mass is 681 g/mol. The van der Waals surface area contributed by atoms with Gasteiger partial charge in [0.15, 0.2) is 0 Å². The van der Waals surface area contributed by atoms with E-state index in [1.54, 1.807) is 11.1 Å². The van der Waals surface area contributed by atoms with Gasteiger partial charge in [-0.1, -0.05) is 133 Å². The minimum absolute atomic E-state index is 0.184. The van der Waals surface area contributed by atoms with E-state index in [2.05, 4.69) is 181 Å². The molecule has 4 saturated carbocycles. The zero-order chi connectivity index (χ0) is 34.9. The van der Waals surface area contributed by atoms with Crippen LogP contribution in [0.15, 0.2) is 176 Å². The number of hydrogen-bond donors (Lipinski definition) is 0. The summed E-state index contributed by atoms with van der Waals surface area (Å²) < 4.78 is 0. The molecular formula is C52H43N. The molecule has 1 nitrogen and oxygen atoms in total. The molecule has 0 heterocycles. The average Bonchev–Trinajstić information content (AvgIpc) is 3.51. The largest absolute Gasteiger partial charge is 0.311 e. The topological polar surface area (TPSA) is 3.24 Å². The van der Waals surface area contributed by atoms with Crippen LogP contribution in [0.1, 0.15) is 43.2 Å². The summed E-state index contributed by atoms with van der Waals surface area (Å²) in [5.41, 5.74) is 17.4. The van der Waals surface area contributed by atoms with Crippen molar-refractivity contribution in [2.75, 3.05) is 4.90 Å². The summed E-state index contributed by atoms with van der Waals surface area (Å²) >= 11 is 0. The maximum absolute atomic E-state index is 2.61. The van der Waals surface area contributed by atoms with Crippen LogP contribution in [-0.4, -0.2) is 0 Å². The van der Waals surface area contributed by atoms with Crippen molar-refractivity contribution >= 4 is 17.1 Å². The van der Waals surface area contributed by atoms with Crippen LogP contribution in [0, 0.1) is 23.7 Å². The SMILES string of the molecule is c1ccc(-c2ccc(N(c3ccc(-c4ccccc4)cc3)c3ccc(-c4ccc5c(c4)C4(c6ccccc6-5)C5CC6CC(C5)CC4C6)cc3)cc2)cc1.